The van der Waals surface area contributed by atoms with E-state index in [9.17, 15) is 0 Å². The number of aliphatic hydroxyl groups is 1. The third-order valence-electron chi connectivity index (χ3n) is 5.17. The summed E-state index contributed by atoms with van der Waals surface area (Å²) in [6, 6.07) is 2.21. The van der Waals surface area contributed by atoms with Gasteiger partial charge in [0.05, 0.1) is 11.6 Å². The maximum absolute atomic E-state index is 9.14. The Bertz CT molecular complexity index is 505. The van der Waals surface area contributed by atoms with Gasteiger partial charge in [-0.05, 0) is 49.8 Å². The van der Waals surface area contributed by atoms with Crippen LogP contribution in [0.3, 0.4) is 0 Å². The number of halogens is 1. The number of piperidine rings is 1. The Balaban J connectivity index is 1.53. The fraction of sp³-hybridized carbons (Fsp3) is 0.722. The number of nitrogens with zero attached hydrogens (tertiary/aromatic N) is 2. The van der Waals surface area contributed by atoms with Gasteiger partial charge in [0, 0.05) is 25.3 Å². The molecule has 0 unspecified atom stereocenters. The molecule has 2 aliphatic rings. The molecular weight excluding hydrogens is 310 g/mol. The van der Waals surface area contributed by atoms with E-state index in [4.69, 9.17) is 16.7 Å². The van der Waals surface area contributed by atoms with E-state index in [0.717, 1.165) is 23.8 Å². The van der Waals surface area contributed by atoms with E-state index in [0.29, 0.717) is 11.1 Å². The minimum absolute atomic E-state index is 0.0222. The van der Waals surface area contributed by atoms with Gasteiger partial charge in [-0.25, -0.2) is 4.98 Å². The molecule has 1 aromatic heterocycles. The van der Waals surface area contributed by atoms with Crippen LogP contribution in [0, 0.1) is 5.92 Å². The highest BCUT2D eigenvalue weighted by molar-refractivity contribution is 6.32. The number of hydrogen-bond acceptors (Lipinski definition) is 4. The average molecular weight is 338 g/mol. The van der Waals surface area contributed by atoms with Crippen LogP contribution in [-0.2, 0) is 6.61 Å². The average Bonchev–Trinajstić information content (AvgIpc) is 2.58. The summed E-state index contributed by atoms with van der Waals surface area (Å²) in [5.74, 6) is 1.64. The van der Waals surface area contributed by atoms with Gasteiger partial charge in [-0.15, -0.1) is 0 Å². The molecule has 1 atom stereocenters. The van der Waals surface area contributed by atoms with Crippen molar-refractivity contribution in [1.82, 2.24) is 9.88 Å². The minimum Gasteiger partial charge on any atom is -0.392 e. The van der Waals surface area contributed by atoms with Gasteiger partial charge in [-0.1, -0.05) is 30.9 Å². The SMILES string of the molecule is OCc1cnc(N[C@@H]2CCCN(CC3CCCCC3)C2)c(Cl)c1. The molecule has 1 saturated carbocycles. The monoisotopic (exact) mass is 337 g/mol. The largest absolute Gasteiger partial charge is 0.392 e. The molecule has 2 fully saturated rings. The highest BCUT2D eigenvalue weighted by atomic mass is 35.5. The van der Waals surface area contributed by atoms with Crippen LogP contribution in [0.1, 0.15) is 50.5 Å². The highest BCUT2D eigenvalue weighted by Crippen LogP contribution is 2.27. The molecule has 1 aliphatic carbocycles. The molecule has 2 N–H and O–H groups in total. The molecule has 1 aliphatic heterocycles. The summed E-state index contributed by atoms with van der Waals surface area (Å²) in [5, 5.41) is 13.2. The van der Waals surface area contributed by atoms with Crippen LogP contribution in [0.2, 0.25) is 5.02 Å². The van der Waals surface area contributed by atoms with Crippen LogP contribution in [0.5, 0.6) is 0 Å². The number of aromatic nitrogens is 1. The quantitative estimate of drug-likeness (QED) is 0.860. The summed E-state index contributed by atoms with van der Waals surface area (Å²) in [4.78, 5) is 6.98. The van der Waals surface area contributed by atoms with Crippen molar-refractivity contribution < 1.29 is 5.11 Å². The minimum atomic E-state index is -0.0222. The molecule has 2 heterocycles. The molecule has 3 rings (SSSR count). The van der Waals surface area contributed by atoms with Gasteiger partial charge >= 0.3 is 0 Å². The predicted molar refractivity (Wildman–Crippen MR) is 94.8 cm³/mol. The van der Waals surface area contributed by atoms with Gasteiger partial charge in [0.15, 0.2) is 0 Å². The van der Waals surface area contributed by atoms with Crippen LogP contribution in [0.15, 0.2) is 12.3 Å². The maximum Gasteiger partial charge on any atom is 0.145 e. The van der Waals surface area contributed by atoms with Gasteiger partial charge < -0.3 is 15.3 Å². The second kappa shape index (κ2) is 8.32. The molecule has 0 amide bonds. The first-order valence-electron chi connectivity index (χ1n) is 8.99. The lowest BCUT2D eigenvalue weighted by Gasteiger charge is -2.36. The zero-order valence-corrected chi connectivity index (χ0v) is 14.6. The van der Waals surface area contributed by atoms with E-state index in [1.165, 1.54) is 58.0 Å². The van der Waals surface area contributed by atoms with Crippen molar-refractivity contribution in [2.24, 2.45) is 5.92 Å². The predicted octanol–water partition coefficient (Wildman–Crippen LogP) is 3.68. The number of likely N-dealkylation sites (tertiary alicyclic amines) is 1. The Morgan fingerprint density at radius 3 is 2.78 bits per heavy atom. The first kappa shape index (κ1) is 17.0. The number of anilines is 1. The van der Waals surface area contributed by atoms with Gasteiger partial charge in [0.2, 0.25) is 0 Å². The van der Waals surface area contributed by atoms with Crippen molar-refractivity contribution in [2.75, 3.05) is 25.0 Å². The molecule has 23 heavy (non-hydrogen) atoms. The summed E-state index contributed by atoms with van der Waals surface area (Å²) < 4.78 is 0. The summed E-state index contributed by atoms with van der Waals surface area (Å²) in [6.07, 6.45) is 11.2. The van der Waals surface area contributed by atoms with Crippen LogP contribution >= 0.6 is 11.6 Å². The first-order chi connectivity index (χ1) is 11.2. The topological polar surface area (TPSA) is 48.4 Å². The lowest BCUT2D eigenvalue weighted by molar-refractivity contribution is 0.166. The molecular formula is C18H28ClN3O. The maximum atomic E-state index is 9.14. The molecule has 4 nitrogen and oxygen atoms in total. The lowest BCUT2D eigenvalue weighted by Crippen LogP contribution is -2.44. The summed E-state index contributed by atoms with van der Waals surface area (Å²) in [7, 11) is 0. The van der Waals surface area contributed by atoms with E-state index in [1.54, 1.807) is 12.3 Å². The van der Waals surface area contributed by atoms with E-state index >= 15 is 0 Å². The Kier molecular flexibility index (Phi) is 6.15. The van der Waals surface area contributed by atoms with Crippen molar-refractivity contribution in [3.8, 4) is 0 Å². The fourth-order valence-corrected chi connectivity index (χ4v) is 4.18. The smallest absolute Gasteiger partial charge is 0.145 e. The Hall–Kier alpha value is -0.840. The summed E-state index contributed by atoms with van der Waals surface area (Å²) in [6.45, 7) is 3.53. The standard InChI is InChI=1S/C18H28ClN3O/c19-17-9-15(13-23)10-20-18(17)21-16-7-4-8-22(12-16)11-14-5-2-1-3-6-14/h9-10,14,16,23H,1-8,11-13H2,(H,20,21)/t16-/m1/s1. The van der Waals surface area contributed by atoms with E-state index in [-0.39, 0.29) is 6.61 Å². The molecule has 1 saturated heterocycles. The fourth-order valence-electron chi connectivity index (χ4n) is 3.94. The van der Waals surface area contributed by atoms with Gasteiger partial charge in [0.1, 0.15) is 5.82 Å². The van der Waals surface area contributed by atoms with E-state index in [2.05, 4.69) is 15.2 Å². The Morgan fingerprint density at radius 2 is 2.04 bits per heavy atom. The molecule has 0 radical (unpaired) electrons. The number of aliphatic hydroxyl groups excluding tert-OH is 1. The molecule has 1 aromatic rings. The number of hydrogen-bond donors (Lipinski definition) is 2. The number of nitrogens with one attached hydrogen (secondary N) is 1. The van der Waals surface area contributed by atoms with Crippen LogP contribution in [0.25, 0.3) is 0 Å². The van der Waals surface area contributed by atoms with Crippen LogP contribution < -0.4 is 5.32 Å². The third-order valence-corrected chi connectivity index (χ3v) is 5.46. The number of pyridine rings is 1. The molecule has 0 spiro atoms. The normalized spacial score (nSPS) is 23.8. The highest BCUT2D eigenvalue weighted by Gasteiger charge is 2.24. The van der Waals surface area contributed by atoms with E-state index in [1.807, 2.05) is 0 Å². The second-order valence-corrected chi connectivity index (χ2v) is 7.49. The second-order valence-electron chi connectivity index (χ2n) is 7.08. The van der Waals surface area contributed by atoms with Gasteiger partial charge in [0.25, 0.3) is 0 Å². The van der Waals surface area contributed by atoms with Gasteiger partial charge in [-0.2, -0.15) is 0 Å². The summed E-state index contributed by atoms with van der Waals surface area (Å²) in [5.41, 5.74) is 0.753. The summed E-state index contributed by atoms with van der Waals surface area (Å²) >= 11 is 6.27. The molecule has 0 aromatic carbocycles. The van der Waals surface area contributed by atoms with Crippen LogP contribution in [0.4, 0.5) is 5.82 Å². The van der Waals surface area contributed by atoms with Crippen molar-refractivity contribution >= 4 is 17.4 Å². The zero-order chi connectivity index (χ0) is 16.1. The molecule has 5 heteroatoms. The Labute approximate surface area is 144 Å². The first-order valence-corrected chi connectivity index (χ1v) is 9.36. The zero-order valence-electron chi connectivity index (χ0n) is 13.8. The van der Waals surface area contributed by atoms with Crippen molar-refractivity contribution in [1.29, 1.82) is 0 Å². The lowest BCUT2D eigenvalue weighted by atomic mass is 9.88. The van der Waals surface area contributed by atoms with Crippen LogP contribution in [-0.4, -0.2) is 40.7 Å². The number of rotatable bonds is 5. The molecule has 0 bridgehead atoms. The van der Waals surface area contributed by atoms with Crippen molar-refractivity contribution in [2.45, 2.75) is 57.6 Å². The van der Waals surface area contributed by atoms with Gasteiger partial charge in [-0.3, -0.25) is 0 Å². The van der Waals surface area contributed by atoms with Crippen molar-refractivity contribution in [3.63, 3.8) is 0 Å². The Morgan fingerprint density at radius 1 is 1.22 bits per heavy atom. The van der Waals surface area contributed by atoms with Crippen molar-refractivity contribution in [3.05, 3.63) is 22.8 Å². The van der Waals surface area contributed by atoms with E-state index < -0.39 is 0 Å². The third kappa shape index (κ3) is 4.82. The molecule has 128 valence electrons.